The van der Waals surface area contributed by atoms with Crippen LogP contribution < -0.4 is 10.6 Å². The van der Waals surface area contributed by atoms with Gasteiger partial charge < -0.3 is 20.8 Å². The molecule has 4 N–H and O–H groups in total. The van der Waals surface area contributed by atoms with E-state index in [-0.39, 0.29) is 11.5 Å². The summed E-state index contributed by atoms with van der Waals surface area (Å²) in [4.78, 5) is 21.6. The number of carbonyl (C=O) groups is 2. The van der Waals surface area contributed by atoms with Crippen LogP contribution in [0.4, 0.5) is 5.69 Å². The van der Waals surface area contributed by atoms with E-state index in [1.807, 2.05) is 30.3 Å². The molecule has 0 aliphatic carbocycles. The van der Waals surface area contributed by atoms with Gasteiger partial charge in [0, 0.05) is 12.1 Å². The second kappa shape index (κ2) is 9.73. The Balaban J connectivity index is 2.35. The van der Waals surface area contributed by atoms with E-state index in [1.165, 1.54) is 0 Å². The lowest BCUT2D eigenvalue weighted by Gasteiger charge is -2.17. The summed E-state index contributed by atoms with van der Waals surface area (Å²) < 4.78 is 0. The first kappa shape index (κ1) is 17.9. The number of anilines is 1. The Morgan fingerprint density at radius 3 is 2.36 bits per heavy atom. The lowest BCUT2D eigenvalue weighted by molar-refractivity contribution is -0.139. The summed E-state index contributed by atoms with van der Waals surface area (Å²) in [5.74, 6) is -1.81. The molecule has 0 amide bonds. The van der Waals surface area contributed by atoms with E-state index in [0.29, 0.717) is 25.7 Å². The van der Waals surface area contributed by atoms with Crippen LogP contribution in [0.2, 0.25) is 0 Å². The molecule has 1 rings (SSSR count). The Bertz CT molecular complexity index is 508. The highest BCUT2D eigenvalue weighted by molar-refractivity contribution is 7.80. The van der Waals surface area contributed by atoms with Gasteiger partial charge in [-0.25, -0.2) is 4.79 Å². The van der Waals surface area contributed by atoms with Crippen LogP contribution in [0.5, 0.6) is 0 Å². The molecule has 7 heteroatoms. The SMILES string of the molecule is O=C(O)CCCCCC(NC(=S)Nc1ccccc1)C(=O)O. The van der Waals surface area contributed by atoms with Crippen molar-refractivity contribution in [3.05, 3.63) is 30.3 Å². The van der Waals surface area contributed by atoms with Crippen LogP contribution in [-0.4, -0.2) is 33.3 Å². The highest BCUT2D eigenvalue weighted by atomic mass is 32.1. The molecule has 0 heterocycles. The second-order valence-corrected chi connectivity index (χ2v) is 5.26. The largest absolute Gasteiger partial charge is 0.481 e. The topological polar surface area (TPSA) is 98.7 Å². The predicted molar refractivity (Wildman–Crippen MR) is 87.9 cm³/mol. The molecule has 0 saturated carbocycles. The zero-order chi connectivity index (χ0) is 16.4. The first-order valence-electron chi connectivity index (χ1n) is 7.06. The Kier molecular flexibility index (Phi) is 7.91. The smallest absolute Gasteiger partial charge is 0.326 e. The fourth-order valence-electron chi connectivity index (χ4n) is 1.91. The second-order valence-electron chi connectivity index (χ2n) is 4.85. The third kappa shape index (κ3) is 7.58. The van der Waals surface area contributed by atoms with Gasteiger partial charge in [0.25, 0.3) is 0 Å². The van der Waals surface area contributed by atoms with Gasteiger partial charge in [-0.1, -0.05) is 31.0 Å². The number of hydrogen-bond donors (Lipinski definition) is 4. The number of unbranched alkanes of at least 4 members (excludes halogenated alkanes) is 2. The molecule has 0 aliphatic heterocycles. The Morgan fingerprint density at radius 2 is 1.77 bits per heavy atom. The van der Waals surface area contributed by atoms with E-state index in [9.17, 15) is 14.7 Å². The van der Waals surface area contributed by atoms with Crippen molar-refractivity contribution in [2.24, 2.45) is 0 Å². The van der Waals surface area contributed by atoms with Crippen molar-refractivity contribution in [2.75, 3.05) is 5.32 Å². The number of para-hydroxylation sites is 1. The molecule has 1 unspecified atom stereocenters. The molecule has 0 bridgehead atoms. The van der Waals surface area contributed by atoms with Crippen molar-refractivity contribution in [3.63, 3.8) is 0 Å². The average molecular weight is 324 g/mol. The lowest BCUT2D eigenvalue weighted by atomic mass is 10.1. The minimum absolute atomic E-state index is 0.110. The zero-order valence-electron chi connectivity index (χ0n) is 12.1. The Morgan fingerprint density at radius 1 is 1.09 bits per heavy atom. The van der Waals surface area contributed by atoms with Crippen molar-refractivity contribution in [1.82, 2.24) is 5.32 Å². The third-order valence-electron chi connectivity index (χ3n) is 3.02. The van der Waals surface area contributed by atoms with Gasteiger partial charge in [0.05, 0.1) is 0 Å². The number of rotatable bonds is 9. The van der Waals surface area contributed by atoms with Gasteiger partial charge in [0.2, 0.25) is 0 Å². The summed E-state index contributed by atoms with van der Waals surface area (Å²) in [6.45, 7) is 0. The number of aliphatic carboxylic acids is 2. The zero-order valence-corrected chi connectivity index (χ0v) is 12.9. The molecule has 0 radical (unpaired) electrons. The van der Waals surface area contributed by atoms with E-state index in [1.54, 1.807) is 0 Å². The monoisotopic (exact) mass is 324 g/mol. The molecule has 0 spiro atoms. The van der Waals surface area contributed by atoms with Crippen molar-refractivity contribution in [3.8, 4) is 0 Å². The molecule has 0 aliphatic rings. The summed E-state index contributed by atoms with van der Waals surface area (Å²) >= 11 is 5.10. The lowest BCUT2D eigenvalue weighted by Crippen LogP contribution is -2.42. The van der Waals surface area contributed by atoms with Gasteiger partial charge in [-0.15, -0.1) is 0 Å². The number of carboxylic acid groups (broad SMARTS) is 2. The number of thiocarbonyl (C=S) groups is 1. The van der Waals surface area contributed by atoms with Crippen LogP contribution >= 0.6 is 12.2 Å². The molecule has 0 fully saturated rings. The summed E-state index contributed by atoms with van der Waals surface area (Å²) in [6.07, 6.45) is 2.36. The maximum atomic E-state index is 11.2. The van der Waals surface area contributed by atoms with Crippen LogP contribution in [0.15, 0.2) is 30.3 Å². The van der Waals surface area contributed by atoms with Gasteiger partial charge in [-0.2, -0.15) is 0 Å². The van der Waals surface area contributed by atoms with E-state index < -0.39 is 18.0 Å². The Labute approximate surface area is 134 Å². The van der Waals surface area contributed by atoms with Crippen LogP contribution in [0.1, 0.15) is 32.1 Å². The van der Waals surface area contributed by atoms with Gasteiger partial charge in [-0.3, -0.25) is 4.79 Å². The average Bonchev–Trinajstić information content (AvgIpc) is 2.46. The van der Waals surface area contributed by atoms with Crippen LogP contribution in [0.25, 0.3) is 0 Å². The van der Waals surface area contributed by atoms with E-state index in [0.717, 1.165) is 5.69 Å². The minimum Gasteiger partial charge on any atom is -0.481 e. The highest BCUT2D eigenvalue weighted by Gasteiger charge is 2.17. The first-order valence-corrected chi connectivity index (χ1v) is 7.47. The van der Waals surface area contributed by atoms with Crippen molar-refractivity contribution >= 4 is 35.0 Å². The van der Waals surface area contributed by atoms with Gasteiger partial charge >= 0.3 is 11.9 Å². The maximum absolute atomic E-state index is 11.2. The van der Waals surface area contributed by atoms with E-state index >= 15 is 0 Å². The summed E-state index contributed by atoms with van der Waals surface area (Å²) in [5.41, 5.74) is 0.783. The minimum atomic E-state index is -0.976. The normalized spacial score (nSPS) is 11.5. The van der Waals surface area contributed by atoms with Crippen LogP contribution in [-0.2, 0) is 9.59 Å². The molecule has 1 atom stereocenters. The number of nitrogens with one attached hydrogen (secondary N) is 2. The summed E-state index contributed by atoms with van der Waals surface area (Å²) in [5, 5.41) is 23.7. The molecular weight excluding hydrogens is 304 g/mol. The van der Waals surface area contributed by atoms with Crippen molar-refractivity contribution < 1.29 is 19.8 Å². The van der Waals surface area contributed by atoms with Gasteiger partial charge in [0.1, 0.15) is 6.04 Å². The molecule has 0 saturated heterocycles. The molecule has 1 aromatic rings. The number of hydrogen-bond acceptors (Lipinski definition) is 3. The molecule has 6 nitrogen and oxygen atoms in total. The fourth-order valence-corrected chi connectivity index (χ4v) is 2.17. The first-order chi connectivity index (χ1) is 10.5. The highest BCUT2D eigenvalue weighted by Crippen LogP contribution is 2.08. The quantitative estimate of drug-likeness (QED) is 0.409. The standard InChI is InChI=1S/C15H20N2O4S/c18-13(19)10-6-2-5-9-12(14(20)21)17-15(22)16-11-7-3-1-4-8-11/h1,3-4,7-8,12H,2,5-6,9-10H2,(H,18,19)(H,20,21)(H2,16,17,22). The van der Waals surface area contributed by atoms with Crippen molar-refractivity contribution in [1.29, 1.82) is 0 Å². The molecule has 1 aromatic carbocycles. The molecule has 0 aromatic heterocycles. The van der Waals surface area contributed by atoms with Crippen LogP contribution in [0, 0.1) is 0 Å². The van der Waals surface area contributed by atoms with Crippen molar-refractivity contribution in [2.45, 2.75) is 38.1 Å². The number of carboxylic acids is 2. The number of benzene rings is 1. The molecular formula is C15H20N2O4S. The Hall–Kier alpha value is -2.15. The molecule has 120 valence electrons. The van der Waals surface area contributed by atoms with E-state index in [4.69, 9.17) is 17.3 Å². The predicted octanol–water partition coefficient (Wildman–Crippen LogP) is 2.46. The maximum Gasteiger partial charge on any atom is 0.326 e. The molecule has 22 heavy (non-hydrogen) atoms. The van der Waals surface area contributed by atoms with Crippen LogP contribution in [0.3, 0.4) is 0 Å². The third-order valence-corrected chi connectivity index (χ3v) is 3.24. The van der Waals surface area contributed by atoms with E-state index in [2.05, 4.69) is 10.6 Å². The van der Waals surface area contributed by atoms with Gasteiger partial charge in [0.15, 0.2) is 5.11 Å². The van der Waals surface area contributed by atoms with Gasteiger partial charge in [-0.05, 0) is 37.2 Å². The fraction of sp³-hybridized carbons (Fsp3) is 0.400. The summed E-state index contributed by atoms with van der Waals surface area (Å²) in [6, 6.07) is 8.45. The summed E-state index contributed by atoms with van der Waals surface area (Å²) in [7, 11) is 0.